The van der Waals surface area contributed by atoms with Crippen LogP contribution >= 0.6 is 0 Å². The molecular formula is C18H20FN5O2. The van der Waals surface area contributed by atoms with Crippen LogP contribution in [0.25, 0.3) is 0 Å². The molecule has 1 aliphatic carbocycles. The van der Waals surface area contributed by atoms with Gasteiger partial charge in [0.25, 0.3) is 5.91 Å². The van der Waals surface area contributed by atoms with Gasteiger partial charge >= 0.3 is 0 Å². The highest BCUT2D eigenvalue weighted by Gasteiger charge is 2.53. The lowest BCUT2D eigenvalue weighted by atomic mass is 10.1. The average molecular weight is 357 g/mol. The largest absolute Gasteiger partial charge is 0.352 e. The standard InChI is InChI=1S/C18H20FN5O2/c19-18(6-7-18)17(26)23-9-14(10-24-15(11-23)21-12-22-24)16(25)20-8-13-4-2-1-3-5-13/h1-5,12,14H,6-11H2,(H,20,25). The Hall–Kier alpha value is -2.77. The first-order valence-electron chi connectivity index (χ1n) is 8.72. The Morgan fingerprint density at radius 1 is 1.23 bits per heavy atom. The molecule has 1 atom stereocenters. The highest BCUT2D eigenvalue weighted by Crippen LogP contribution is 2.42. The molecule has 2 aromatic rings. The van der Waals surface area contributed by atoms with Gasteiger partial charge in [-0.05, 0) is 18.4 Å². The monoisotopic (exact) mass is 357 g/mol. The molecule has 2 heterocycles. The van der Waals surface area contributed by atoms with Gasteiger partial charge in [0.15, 0.2) is 5.67 Å². The van der Waals surface area contributed by atoms with Crippen molar-refractivity contribution in [2.45, 2.75) is 38.1 Å². The van der Waals surface area contributed by atoms with Gasteiger partial charge in [0, 0.05) is 13.1 Å². The second kappa shape index (κ2) is 6.51. The predicted molar refractivity (Wildman–Crippen MR) is 90.3 cm³/mol. The fraction of sp³-hybridized carbons (Fsp3) is 0.444. The minimum Gasteiger partial charge on any atom is -0.352 e. The summed E-state index contributed by atoms with van der Waals surface area (Å²) in [5.74, 6) is -0.664. The maximum absolute atomic E-state index is 14.3. The lowest BCUT2D eigenvalue weighted by Crippen LogP contribution is -2.44. The SMILES string of the molecule is O=C(NCc1ccccc1)C1CN(C(=O)C2(F)CC2)Cc2ncnn2C1. The second-order valence-electron chi connectivity index (χ2n) is 6.91. The molecule has 26 heavy (non-hydrogen) atoms. The number of amides is 2. The van der Waals surface area contributed by atoms with Crippen molar-refractivity contribution in [3.8, 4) is 0 Å². The van der Waals surface area contributed by atoms with Crippen LogP contribution in [-0.4, -0.2) is 43.7 Å². The number of rotatable bonds is 4. The molecule has 1 aromatic carbocycles. The average Bonchev–Trinajstić information content (AvgIpc) is 3.32. The van der Waals surface area contributed by atoms with E-state index in [1.807, 2.05) is 30.3 Å². The van der Waals surface area contributed by atoms with E-state index in [1.54, 1.807) is 4.68 Å². The van der Waals surface area contributed by atoms with Crippen LogP contribution in [0.5, 0.6) is 0 Å². The second-order valence-corrected chi connectivity index (χ2v) is 6.91. The molecule has 1 aliphatic heterocycles. The summed E-state index contributed by atoms with van der Waals surface area (Å²) in [6.07, 6.45) is 1.89. The van der Waals surface area contributed by atoms with E-state index >= 15 is 0 Å². The van der Waals surface area contributed by atoms with Gasteiger partial charge in [-0.25, -0.2) is 14.1 Å². The van der Waals surface area contributed by atoms with E-state index < -0.39 is 17.5 Å². The smallest absolute Gasteiger partial charge is 0.260 e. The Labute approximate surface area is 150 Å². The molecule has 0 bridgehead atoms. The Morgan fingerprint density at radius 2 is 2.00 bits per heavy atom. The van der Waals surface area contributed by atoms with Crippen LogP contribution in [0.3, 0.4) is 0 Å². The molecule has 0 spiro atoms. The first-order chi connectivity index (χ1) is 12.5. The van der Waals surface area contributed by atoms with E-state index in [4.69, 9.17) is 0 Å². The van der Waals surface area contributed by atoms with Crippen LogP contribution in [0.1, 0.15) is 24.2 Å². The van der Waals surface area contributed by atoms with Gasteiger partial charge in [0.2, 0.25) is 5.91 Å². The summed E-state index contributed by atoms with van der Waals surface area (Å²) < 4.78 is 15.9. The Balaban J connectivity index is 1.49. The van der Waals surface area contributed by atoms with Gasteiger partial charge in [0.1, 0.15) is 12.2 Å². The number of fused-ring (bicyclic) bond motifs is 1. The lowest BCUT2D eigenvalue weighted by Gasteiger charge is -2.24. The molecule has 0 radical (unpaired) electrons. The number of nitrogens with one attached hydrogen (secondary N) is 1. The van der Waals surface area contributed by atoms with Crippen LogP contribution in [0.4, 0.5) is 4.39 Å². The molecule has 1 saturated carbocycles. The highest BCUT2D eigenvalue weighted by molar-refractivity contribution is 5.88. The third kappa shape index (κ3) is 3.31. The number of hydrogen-bond donors (Lipinski definition) is 1. The predicted octanol–water partition coefficient (Wildman–Crippen LogP) is 1.05. The first kappa shape index (κ1) is 16.7. The lowest BCUT2D eigenvalue weighted by molar-refractivity contribution is -0.140. The molecule has 2 aliphatic rings. The van der Waals surface area contributed by atoms with Crippen molar-refractivity contribution in [3.05, 3.63) is 48.0 Å². The number of benzene rings is 1. The van der Waals surface area contributed by atoms with Crippen LogP contribution in [0, 0.1) is 5.92 Å². The Morgan fingerprint density at radius 3 is 2.73 bits per heavy atom. The van der Waals surface area contributed by atoms with E-state index in [1.165, 1.54) is 11.2 Å². The number of carbonyl (C=O) groups is 2. The quantitative estimate of drug-likeness (QED) is 0.887. The van der Waals surface area contributed by atoms with E-state index in [2.05, 4.69) is 15.4 Å². The third-order valence-electron chi connectivity index (χ3n) is 4.90. The molecule has 7 nitrogen and oxygen atoms in total. The zero-order valence-corrected chi connectivity index (χ0v) is 14.3. The summed E-state index contributed by atoms with van der Waals surface area (Å²) in [5.41, 5.74) is -0.773. The maximum Gasteiger partial charge on any atom is 0.260 e. The van der Waals surface area contributed by atoms with Crippen molar-refractivity contribution in [1.29, 1.82) is 0 Å². The zero-order valence-electron chi connectivity index (χ0n) is 14.3. The Kier molecular flexibility index (Phi) is 4.18. The number of carbonyl (C=O) groups excluding carboxylic acids is 2. The summed E-state index contributed by atoms with van der Waals surface area (Å²) in [7, 11) is 0. The third-order valence-corrected chi connectivity index (χ3v) is 4.90. The normalized spacial score (nSPS) is 20.8. The minimum atomic E-state index is -1.76. The number of aromatic nitrogens is 3. The van der Waals surface area contributed by atoms with Gasteiger partial charge in [-0.15, -0.1) is 0 Å². The molecule has 8 heteroatoms. The number of hydrogen-bond acceptors (Lipinski definition) is 4. The number of halogens is 1. The van der Waals surface area contributed by atoms with E-state index in [-0.39, 0.29) is 31.8 Å². The summed E-state index contributed by atoms with van der Waals surface area (Å²) >= 11 is 0. The van der Waals surface area contributed by atoms with Crippen molar-refractivity contribution in [3.63, 3.8) is 0 Å². The molecule has 1 N–H and O–H groups in total. The zero-order chi connectivity index (χ0) is 18.1. The summed E-state index contributed by atoms with van der Waals surface area (Å²) in [6, 6.07) is 9.59. The van der Waals surface area contributed by atoms with Crippen LogP contribution < -0.4 is 5.32 Å². The molecule has 136 valence electrons. The molecule has 0 saturated heterocycles. The molecule has 2 amide bonds. The molecule has 4 rings (SSSR count). The van der Waals surface area contributed by atoms with Gasteiger partial charge in [-0.1, -0.05) is 30.3 Å². The fourth-order valence-corrected chi connectivity index (χ4v) is 3.19. The molecular weight excluding hydrogens is 337 g/mol. The topological polar surface area (TPSA) is 80.1 Å². The molecule has 1 unspecified atom stereocenters. The van der Waals surface area contributed by atoms with Crippen molar-refractivity contribution in [1.82, 2.24) is 25.0 Å². The van der Waals surface area contributed by atoms with Crippen molar-refractivity contribution in [2.24, 2.45) is 5.92 Å². The maximum atomic E-state index is 14.3. The van der Waals surface area contributed by atoms with Gasteiger partial charge in [-0.2, -0.15) is 5.10 Å². The fourth-order valence-electron chi connectivity index (χ4n) is 3.19. The van der Waals surface area contributed by atoms with Crippen LogP contribution in [0.15, 0.2) is 36.7 Å². The van der Waals surface area contributed by atoms with Crippen molar-refractivity contribution in [2.75, 3.05) is 6.54 Å². The van der Waals surface area contributed by atoms with Gasteiger partial charge in [-0.3, -0.25) is 9.59 Å². The van der Waals surface area contributed by atoms with E-state index in [0.29, 0.717) is 18.9 Å². The van der Waals surface area contributed by atoms with Gasteiger partial charge < -0.3 is 10.2 Å². The molecule has 1 fully saturated rings. The Bertz CT molecular complexity index is 818. The van der Waals surface area contributed by atoms with Crippen molar-refractivity contribution < 1.29 is 14.0 Å². The number of nitrogens with zero attached hydrogens (tertiary/aromatic N) is 4. The first-order valence-corrected chi connectivity index (χ1v) is 8.72. The van der Waals surface area contributed by atoms with E-state index in [9.17, 15) is 14.0 Å². The van der Waals surface area contributed by atoms with Crippen LogP contribution in [-0.2, 0) is 29.2 Å². The summed E-state index contributed by atoms with van der Waals surface area (Å²) in [6.45, 7) is 1.06. The number of alkyl halides is 1. The summed E-state index contributed by atoms with van der Waals surface area (Å²) in [5, 5.41) is 7.03. The molecule has 1 aromatic heterocycles. The minimum absolute atomic E-state index is 0.163. The van der Waals surface area contributed by atoms with Crippen LogP contribution in [0.2, 0.25) is 0 Å². The highest BCUT2D eigenvalue weighted by atomic mass is 19.1. The van der Waals surface area contributed by atoms with E-state index in [0.717, 1.165) is 5.56 Å². The van der Waals surface area contributed by atoms with Gasteiger partial charge in [0.05, 0.1) is 19.0 Å². The van der Waals surface area contributed by atoms with Crippen molar-refractivity contribution >= 4 is 11.8 Å². The summed E-state index contributed by atoms with van der Waals surface area (Å²) in [4.78, 5) is 30.7.